The van der Waals surface area contributed by atoms with Crippen molar-refractivity contribution in [1.29, 1.82) is 5.41 Å². The number of H-pyrrole nitrogens is 1. The van der Waals surface area contributed by atoms with E-state index < -0.39 is 17.9 Å². The van der Waals surface area contributed by atoms with Crippen LogP contribution in [0.15, 0.2) is 11.2 Å². The molecule has 9 heteroatoms. The summed E-state index contributed by atoms with van der Waals surface area (Å²) in [7, 11) is 0. The van der Waals surface area contributed by atoms with Gasteiger partial charge in [0.2, 0.25) is 5.79 Å². The topological polar surface area (TPSA) is 94.3 Å². The minimum atomic E-state index is -2.03. The molecule has 0 unspecified atom stereocenters. The molecule has 6 nitrogen and oxygen atoms in total. The van der Waals surface area contributed by atoms with Crippen molar-refractivity contribution in [2.75, 3.05) is 12.5 Å². The van der Waals surface area contributed by atoms with Gasteiger partial charge in [-0.3, -0.25) is 5.41 Å². The van der Waals surface area contributed by atoms with E-state index in [-0.39, 0.29) is 17.0 Å². The second-order valence-corrected chi connectivity index (χ2v) is 6.89. The number of hydrogen-bond acceptors (Lipinski definition) is 6. The van der Waals surface area contributed by atoms with Gasteiger partial charge in [-0.05, 0) is 18.9 Å². The minimum absolute atomic E-state index is 0.145. The van der Waals surface area contributed by atoms with Crippen LogP contribution in [0.1, 0.15) is 31.8 Å². The van der Waals surface area contributed by atoms with Gasteiger partial charge in [-0.1, -0.05) is 25.6 Å². The Hall–Kier alpha value is -0.900. The van der Waals surface area contributed by atoms with E-state index in [0.29, 0.717) is 17.3 Å². The highest BCUT2D eigenvalue weighted by Gasteiger charge is 2.54. The van der Waals surface area contributed by atoms with Gasteiger partial charge in [-0.2, -0.15) is 0 Å². The van der Waals surface area contributed by atoms with Gasteiger partial charge in [0.05, 0.1) is 18.0 Å². The predicted molar refractivity (Wildman–Crippen MR) is 93.0 cm³/mol. The molecule has 128 valence electrons. The zero-order valence-corrected chi connectivity index (χ0v) is 15.1. The van der Waals surface area contributed by atoms with Crippen LogP contribution in [0.5, 0.6) is 0 Å². The van der Waals surface area contributed by atoms with Crippen LogP contribution < -0.4 is 0 Å². The number of rotatable bonds is 3. The lowest BCUT2D eigenvalue weighted by Gasteiger charge is -2.23. The van der Waals surface area contributed by atoms with E-state index in [1.165, 1.54) is 29.7 Å². The molecule has 0 amide bonds. The Labute approximate surface area is 143 Å². The molecule has 1 fully saturated rings. The number of aliphatic imine (C=N–C) groups is 1. The highest BCUT2D eigenvalue weighted by molar-refractivity contribution is 8.15. The first-order chi connectivity index (χ1) is 10.9. The molecule has 2 heterocycles. The van der Waals surface area contributed by atoms with Gasteiger partial charge in [-0.15, -0.1) is 11.8 Å². The molecule has 1 aromatic rings. The molecule has 23 heavy (non-hydrogen) atoms. The molecule has 2 rings (SSSR count). The number of amidine groups is 1. The summed E-state index contributed by atoms with van der Waals surface area (Å²) in [6.07, 6.45) is 3.66. The number of halogens is 1. The number of aromatic nitrogens is 2. The second-order valence-electron chi connectivity index (χ2n) is 5.30. The Bertz CT molecular complexity index is 609. The third-order valence-electron chi connectivity index (χ3n) is 3.91. The zero-order chi connectivity index (χ0) is 17.2. The fourth-order valence-corrected chi connectivity index (χ4v) is 3.28. The summed E-state index contributed by atoms with van der Waals surface area (Å²) in [5, 5.41) is 18.9. The maximum atomic E-state index is 14.5. The van der Waals surface area contributed by atoms with E-state index in [1.807, 2.05) is 13.2 Å². The number of aliphatic hydroxyl groups is 1. The summed E-state index contributed by atoms with van der Waals surface area (Å²) in [6, 6.07) is 0. The van der Waals surface area contributed by atoms with Crippen molar-refractivity contribution in [1.82, 2.24) is 9.97 Å². The first-order valence-corrected chi connectivity index (χ1v) is 9.67. The summed E-state index contributed by atoms with van der Waals surface area (Å²) < 4.78 is 20.1. The van der Waals surface area contributed by atoms with Crippen LogP contribution in [0.25, 0.3) is 0 Å². The van der Waals surface area contributed by atoms with Crippen LogP contribution >= 0.6 is 23.5 Å². The lowest BCUT2D eigenvalue weighted by atomic mass is 9.95. The minimum Gasteiger partial charge on any atom is -0.358 e. The predicted octanol–water partition coefficient (Wildman–Crippen LogP) is 2.75. The van der Waals surface area contributed by atoms with E-state index in [9.17, 15) is 9.50 Å². The molecule has 1 aliphatic heterocycles. The highest BCUT2D eigenvalue weighted by atomic mass is 32.2. The second kappa shape index (κ2) is 7.33. The third kappa shape index (κ3) is 3.47. The number of hydrogen-bond donors (Lipinski definition) is 3. The molecule has 0 aliphatic carbocycles. The fourth-order valence-electron chi connectivity index (χ4n) is 2.56. The Balaban J connectivity index is 2.32. The molecule has 1 aliphatic rings. The molecule has 0 bridgehead atoms. The van der Waals surface area contributed by atoms with Crippen LogP contribution in [0.3, 0.4) is 0 Å². The summed E-state index contributed by atoms with van der Waals surface area (Å²) in [5.74, 6) is -2.06. The number of thioether (sulfide) groups is 2. The van der Waals surface area contributed by atoms with E-state index in [1.54, 1.807) is 13.2 Å². The van der Waals surface area contributed by atoms with Crippen LogP contribution in [-0.2, 0) is 10.5 Å². The monoisotopic (exact) mass is 360 g/mol. The fraction of sp³-hybridized carbons (Fsp3) is 0.643. The van der Waals surface area contributed by atoms with Gasteiger partial charge in [0, 0.05) is 5.92 Å². The van der Waals surface area contributed by atoms with Gasteiger partial charge in [0.1, 0.15) is 5.04 Å². The SMILES string of the molecule is CC[C@H]1O[C@@](O)(c2cnc(/C(=N\C(=N)SC)SC)[nH]2)[C@H](F)[C@@H]1C. The largest absolute Gasteiger partial charge is 0.358 e. The Morgan fingerprint density at radius 2 is 2.26 bits per heavy atom. The Kier molecular flexibility index (Phi) is 5.88. The third-order valence-corrected chi connectivity index (χ3v) is 5.06. The molecule has 0 spiro atoms. The number of nitrogens with one attached hydrogen (secondary N) is 2. The molecule has 3 N–H and O–H groups in total. The van der Waals surface area contributed by atoms with E-state index in [4.69, 9.17) is 10.1 Å². The molecular formula is C14H21FN4O2S2. The number of alkyl halides is 1. The van der Waals surface area contributed by atoms with Gasteiger partial charge >= 0.3 is 0 Å². The smallest absolute Gasteiger partial charge is 0.242 e. The van der Waals surface area contributed by atoms with Crippen molar-refractivity contribution in [3.05, 3.63) is 17.7 Å². The number of aromatic amines is 1. The van der Waals surface area contributed by atoms with Crippen molar-refractivity contribution < 1.29 is 14.2 Å². The van der Waals surface area contributed by atoms with E-state index in [0.717, 1.165) is 0 Å². The summed E-state index contributed by atoms with van der Waals surface area (Å²) in [6.45, 7) is 3.62. The van der Waals surface area contributed by atoms with Gasteiger partial charge < -0.3 is 14.8 Å². The average molecular weight is 360 g/mol. The number of ether oxygens (including phenoxy) is 1. The van der Waals surface area contributed by atoms with E-state index in [2.05, 4.69) is 15.0 Å². The number of imidazole rings is 1. The maximum Gasteiger partial charge on any atom is 0.242 e. The normalized spacial score (nSPS) is 31.6. The standard InChI is InChI=1S/C14H21FN4O2S2/c1-5-8-7(2)10(15)14(20,21-8)9-6-17-11(18-9)12(22-3)19-13(16)23-4/h6-8,10,16,20H,5H2,1-4H3,(H,17,18)/b16-13?,19-12+/t7-,8-,10-,14+/m1/s1. The summed E-state index contributed by atoms with van der Waals surface area (Å²) in [4.78, 5) is 11.2. The lowest BCUT2D eigenvalue weighted by Crippen LogP contribution is -2.35. The van der Waals surface area contributed by atoms with Crippen LogP contribution in [0.4, 0.5) is 4.39 Å². The van der Waals surface area contributed by atoms with Crippen molar-refractivity contribution in [3.63, 3.8) is 0 Å². The molecule has 1 aromatic heterocycles. The van der Waals surface area contributed by atoms with Crippen LogP contribution in [-0.4, -0.2) is 50.1 Å². The Morgan fingerprint density at radius 1 is 1.57 bits per heavy atom. The highest BCUT2D eigenvalue weighted by Crippen LogP contribution is 2.43. The quantitative estimate of drug-likeness (QED) is 0.569. The summed E-state index contributed by atoms with van der Waals surface area (Å²) >= 11 is 2.52. The van der Waals surface area contributed by atoms with Crippen molar-refractivity contribution in [2.45, 2.75) is 38.3 Å². The van der Waals surface area contributed by atoms with E-state index >= 15 is 0 Å². The Morgan fingerprint density at radius 3 is 2.78 bits per heavy atom. The first kappa shape index (κ1) is 18.4. The summed E-state index contributed by atoms with van der Waals surface area (Å²) in [5.41, 5.74) is 0.167. The molecule has 0 radical (unpaired) electrons. The van der Waals surface area contributed by atoms with Gasteiger partial charge in [0.15, 0.2) is 17.2 Å². The molecule has 0 aromatic carbocycles. The maximum absolute atomic E-state index is 14.5. The number of nitrogens with zero attached hydrogens (tertiary/aromatic N) is 2. The van der Waals surface area contributed by atoms with Crippen molar-refractivity contribution in [2.24, 2.45) is 10.9 Å². The first-order valence-electron chi connectivity index (χ1n) is 7.22. The molecule has 1 saturated heterocycles. The van der Waals surface area contributed by atoms with Crippen molar-refractivity contribution >= 4 is 33.7 Å². The zero-order valence-electron chi connectivity index (χ0n) is 13.5. The molecule has 0 saturated carbocycles. The average Bonchev–Trinajstić information content (AvgIpc) is 3.13. The van der Waals surface area contributed by atoms with Crippen LogP contribution in [0, 0.1) is 11.3 Å². The van der Waals surface area contributed by atoms with Crippen molar-refractivity contribution in [3.8, 4) is 0 Å². The van der Waals surface area contributed by atoms with Gasteiger partial charge in [0.25, 0.3) is 0 Å². The lowest BCUT2D eigenvalue weighted by molar-refractivity contribution is -0.226. The molecular weight excluding hydrogens is 339 g/mol. The van der Waals surface area contributed by atoms with Gasteiger partial charge in [-0.25, -0.2) is 14.4 Å². The van der Waals surface area contributed by atoms with Crippen LogP contribution in [0.2, 0.25) is 0 Å². The molecule has 4 atom stereocenters.